The van der Waals surface area contributed by atoms with Crippen molar-refractivity contribution < 1.29 is 0 Å². The Morgan fingerprint density at radius 2 is 1.90 bits per heavy atom. The third kappa shape index (κ3) is 5.83. The molecule has 152 valence electrons. The quantitative estimate of drug-likeness (QED) is 0.367. The zero-order chi connectivity index (χ0) is 20.6. The van der Waals surface area contributed by atoms with Gasteiger partial charge in [0.2, 0.25) is 0 Å². The van der Waals surface area contributed by atoms with Crippen LogP contribution < -0.4 is 5.32 Å². The van der Waals surface area contributed by atoms with Gasteiger partial charge in [-0.05, 0) is 56.7 Å². The molecule has 1 aliphatic heterocycles. The van der Waals surface area contributed by atoms with Gasteiger partial charge in [0.25, 0.3) is 0 Å². The molecule has 1 aliphatic carbocycles. The van der Waals surface area contributed by atoms with Gasteiger partial charge in [0.05, 0.1) is 11.4 Å². The molecule has 1 saturated heterocycles. The lowest BCUT2D eigenvalue weighted by Crippen LogP contribution is -2.18. The largest absolute Gasteiger partial charge is 0.383 e. The monoisotopic (exact) mass is 387 g/mol. The van der Waals surface area contributed by atoms with Crippen molar-refractivity contribution in [1.29, 1.82) is 0 Å². The SMILES string of the molecule is C=C(CCCCNc1ccccc1/N=C1\CC=CC=C1C)CN1C(=C)CCC1=C. The highest BCUT2D eigenvalue weighted by molar-refractivity contribution is 6.03. The minimum absolute atomic E-state index is 0.868. The molecule has 3 rings (SSSR count). The number of hydrogen-bond donors (Lipinski definition) is 1. The van der Waals surface area contributed by atoms with Gasteiger partial charge >= 0.3 is 0 Å². The topological polar surface area (TPSA) is 27.6 Å². The Balaban J connectivity index is 1.44. The summed E-state index contributed by atoms with van der Waals surface area (Å²) in [5, 5.41) is 3.57. The van der Waals surface area contributed by atoms with Crippen LogP contribution in [0.3, 0.4) is 0 Å². The fourth-order valence-corrected chi connectivity index (χ4v) is 3.68. The van der Waals surface area contributed by atoms with Gasteiger partial charge in [-0.15, -0.1) is 0 Å². The Bertz CT molecular complexity index is 854. The van der Waals surface area contributed by atoms with Gasteiger partial charge in [0.15, 0.2) is 0 Å². The molecule has 1 N–H and O–H groups in total. The van der Waals surface area contributed by atoms with Crippen LogP contribution in [0.5, 0.6) is 0 Å². The summed E-state index contributed by atoms with van der Waals surface area (Å²) in [5.74, 6) is 0. The van der Waals surface area contributed by atoms with Crippen LogP contribution in [0.25, 0.3) is 0 Å². The lowest BCUT2D eigenvalue weighted by atomic mass is 10.0. The van der Waals surface area contributed by atoms with E-state index < -0.39 is 0 Å². The average Bonchev–Trinajstić information content (AvgIpc) is 3.02. The number of hydrogen-bond acceptors (Lipinski definition) is 3. The highest BCUT2D eigenvalue weighted by Gasteiger charge is 2.19. The maximum absolute atomic E-state index is 4.90. The van der Waals surface area contributed by atoms with E-state index >= 15 is 0 Å². The Kier molecular flexibility index (Phi) is 7.29. The van der Waals surface area contributed by atoms with Crippen molar-refractivity contribution in [2.75, 3.05) is 18.4 Å². The van der Waals surface area contributed by atoms with Crippen molar-refractivity contribution >= 4 is 17.1 Å². The second-order valence-electron chi connectivity index (χ2n) is 7.91. The average molecular weight is 388 g/mol. The van der Waals surface area contributed by atoms with E-state index in [0.717, 1.165) is 68.7 Å². The second-order valence-corrected chi connectivity index (χ2v) is 7.91. The first-order chi connectivity index (χ1) is 14.0. The lowest BCUT2D eigenvalue weighted by Gasteiger charge is -2.22. The summed E-state index contributed by atoms with van der Waals surface area (Å²) in [6.45, 7) is 16.5. The fraction of sp³-hybridized carbons (Fsp3) is 0.346. The summed E-state index contributed by atoms with van der Waals surface area (Å²) in [6, 6.07) is 8.30. The van der Waals surface area contributed by atoms with Gasteiger partial charge in [0.1, 0.15) is 0 Å². The first kappa shape index (κ1) is 20.9. The lowest BCUT2D eigenvalue weighted by molar-refractivity contribution is 0.488. The molecule has 0 radical (unpaired) electrons. The van der Waals surface area contributed by atoms with Gasteiger partial charge in [0, 0.05) is 36.6 Å². The highest BCUT2D eigenvalue weighted by Crippen LogP contribution is 2.29. The van der Waals surface area contributed by atoms with Crippen LogP contribution in [0.1, 0.15) is 45.4 Å². The van der Waals surface area contributed by atoms with Crippen LogP contribution in [0, 0.1) is 0 Å². The maximum Gasteiger partial charge on any atom is 0.0864 e. The number of benzene rings is 1. The van der Waals surface area contributed by atoms with E-state index in [9.17, 15) is 0 Å². The molecule has 1 fully saturated rings. The summed E-state index contributed by atoms with van der Waals surface area (Å²) >= 11 is 0. The van der Waals surface area contributed by atoms with E-state index in [-0.39, 0.29) is 0 Å². The Morgan fingerprint density at radius 1 is 1.14 bits per heavy atom. The van der Waals surface area contributed by atoms with Crippen LogP contribution >= 0.6 is 0 Å². The molecule has 0 bridgehead atoms. The van der Waals surface area contributed by atoms with E-state index in [4.69, 9.17) is 4.99 Å². The third-order valence-corrected chi connectivity index (χ3v) is 5.53. The van der Waals surface area contributed by atoms with Gasteiger partial charge in [-0.3, -0.25) is 4.99 Å². The molecule has 0 spiro atoms. The molecule has 0 amide bonds. The Hall–Kier alpha value is -2.81. The van der Waals surface area contributed by atoms with Crippen LogP contribution in [-0.4, -0.2) is 23.7 Å². The summed E-state index contributed by atoms with van der Waals surface area (Å²) < 4.78 is 0. The zero-order valence-electron chi connectivity index (χ0n) is 17.7. The number of likely N-dealkylation sites (tertiary alicyclic amines) is 1. The van der Waals surface area contributed by atoms with Crippen molar-refractivity contribution in [3.05, 3.63) is 84.8 Å². The first-order valence-corrected chi connectivity index (χ1v) is 10.6. The van der Waals surface area contributed by atoms with Crippen molar-refractivity contribution in [2.45, 2.75) is 45.4 Å². The molecule has 29 heavy (non-hydrogen) atoms. The summed E-state index contributed by atoms with van der Waals surface area (Å²) in [4.78, 5) is 7.13. The number of aliphatic imine (C=N–C) groups is 1. The molecule has 1 aromatic carbocycles. The van der Waals surface area contributed by atoms with Crippen molar-refractivity contribution in [3.8, 4) is 0 Å². The van der Waals surface area contributed by atoms with Crippen LogP contribution in [0.4, 0.5) is 11.4 Å². The van der Waals surface area contributed by atoms with E-state index in [0.29, 0.717) is 0 Å². The number of nitrogens with one attached hydrogen (secondary N) is 1. The molecule has 1 aromatic rings. The summed E-state index contributed by atoms with van der Waals surface area (Å²) in [7, 11) is 0. The molecule has 0 atom stereocenters. The normalized spacial score (nSPS) is 17.8. The molecule has 0 unspecified atom stereocenters. The molecule has 2 aliphatic rings. The number of nitrogens with zero attached hydrogens (tertiary/aromatic N) is 2. The fourth-order valence-electron chi connectivity index (χ4n) is 3.68. The minimum Gasteiger partial charge on any atom is -0.383 e. The summed E-state index contributed by atoms with van der Waals surface area (Å²) in [5.41, 5.74) is 8.11. The van der Waals surface area contributed by atoms with Gasteiger partial charge in [-0.2, -0.15) is 0 Å². The number of rotatable bonds is 9. The number of unbranched alkanes of at least 4 members (excludes halogenated alkanes) is 1. The molecule has 0 saturated carbocycles. The molecule has 1 heterocycles. The minimum atomic E-state index is 0.868. The molecule has 3 heteroatoms. The van der Waals surface area contributed by atoms with Crippen LogP contribution in [0.2, 0.25) is 0 Å². The van der Waals surface area contributed by atoms with Crippen LogP contribution in [0.15, 0.2) is 89.8 Å². The standard InChI is InChI=1S/C26H33N3/c1-20(19-29-22(3)16-17-23(29)4)11-9-10-18-27-25-14-7-8-15-26(25)28-24-13-6-5-12-21(24)2/h5-8,12,14-15,27H,1,3-4,9-11,13,16-19H2,2H3/b28-24+. The number of anilines is 1. The smallest absolute Gasteiger partial charge is 0.0864 e. The number of para-hydroxylation sites is 2. The predicted octanol–water partition coefficient (Wildman–Crippen LogP) is 6.93. The predicted molar refractivity (Wildman–Crippen MR) is 127 cm³/mol. The summed E-state index contributed by atoms with van der Waals surface area (Å²) in [6.07, 6.45) is 12.6. The van der Waals surface area contributed by atoms with Crippen molar-refractivity contribution in [3.63, 3.8) is 0 Å². The zero-order valence-corrected chi connectivity index (χ0v) is 17.7. The highest BCUT2D eigenvalue weighted by atomic mass is 15.2. The van der Waals surface area contributed by atoms with Crippen molar-refractivity contribution in [2.24, 2.45) is 4.99 Å². The molecular formula is C26H33N3. The molecule has 0 aromatic heterocycles. The van der Waals surface area contributed by atoms with Crippen molar-refractivity contribution in [1.82, 2.24) is 4.90 Å². The Morgan fingerprint density at radius 3 is 2.66 bits per heavy atom. The Labute approximate surface area is 175 Å². The van der Waals surface area contributed by atoms with E-state index in [1.165, 1.54) is 22.5 Å². The first-order valence-electron chi connectivity index (χ1n) is 10.6. The van der Waals surface area contributed by atoms with Gasteiger partial charge in [-0.1, -0.05) is 55.7 Å². The third-order valence-electron chi connectivity index (χ3n) is 5.53. The molecule has 3 nitrogen and oxygen atoms in total. The van der Waals surface area contributed by atoms with E-state index in [1.54, 1.807) is 0 Å². The second kappa shape index (κ2) is 10.1. The number of allylic oxidation sites excluding steroid dienone is 6. The van der Waals surface area contributed by atoms with E-state index in [2.05, 4.69) is 73.3 Å². The molecular weight excluding hydrogens is 354 g/mol. The maximum atomic E-state index is 4.90. The van der Waals surface area contributed by atoms with E-state index in [1.807, 2.05) is 6.07 Å². The van der Waals surface area contributed by atoms with Gasteiger partial charge in [-0.25, -0.2) is 0 Å². The van der Waals surface area contributed by atoms with Gasteiger partial charge < -0.3 is 10.2 Å². The van der Waals surface area contributed by atoms with Crippen LogP contribution in [-0.2, 0) is 0 Å².